The lowest BCUT2D eigenvalue weighted by atomic mass is 10.1. The van der Waals surface area contributed by atoms with Crippen LogP contribution in [0.5, 0.6) is 0 Å². The van der Waals surface area contributed by atoms with E-state index in [9.17, 15) is 12.8 Å². The second-order valence-electron chi connectivity index (χ2n) is 6.19. The van der Waals surface area contributed by atoms with Crippen LogP contribution in [0, 0.1) is 12.7 Å². The van der Waals surface area contributed by atoms with Crippen LogP contribution in [0.3, 0.4) is 0 Å². The zero-order valence-corrected chi connectivity index (χ0v) is 16.5. The lowest BCUT2D eigenvalue weighted by molar-refractivity contribution is 0.592. The standard InChI is InChI=1S/C20H26FN3O2S/c1-3-22-20(24-15-17-10-11-19(21)16(2)14-17)23-12-7-13-27(25,26)18-8-5-4-6-9-18/h4-6,8-11,14H,3,7,12-13,15H2,1-2H3,(H2,22,23,24). The molecule has 0 bridgehead atoms. The molecule has 2 aromatic rings. The molecule has 0 atom stereocenters. The van der Waals surface area contributed by atoms with E-state index in [0.717, 1.165) is 5.56 Å². The molecule has 146 valence electrons. The summed E-state index contributed by atoms with van der Waals surface area (Å²) in [5, 5.41) is 6.26. The number of nitrogens with one attached hydrogen (secondary N) is 2. The Hall–Kier alpha value is -2.41. The number of rotatable bonds is 8. The van der Waals surface area contributed by atoms with Gasteiger partial charge in [-0.2, -0.15) is 0 Å². The van der Waals surface area contributed by atoms with Gasteiger partial charge in [-0.3, -0.25) is 0 Å². The molecule has 0 heterocycles. The van der Waals surface area contributed by atoms with Gasteiger partial charge < -0.3 is 10.6 Å². The number of aliphatic imine (C=N–C) groups is 1. The van der Waals surface area contributed by atoms with Gasteiger partial charge in [0.25, 0.3) is 0 Å². The highest BCUT2D eigenvalue weighted by Gasteiger charge is 2.13. The molecule has 2 rings (SSSR count). The maximum Gasteiger partial charge on any atom is 0.191 e. The predicted molar refractivity (Wildman–Crippen MR) is 107 cm³/mol. The maximum absolute atomic E-state index is 13.3. The summed E-state index contributed by atoms with van der Waals surface area (Å²) in [6.07, 6.45) is 0.470. The van der Waals surface area contributed by atoms with Gasteiger partial charge >= 0.3 is 0 Å². The Morgan fingerprint density at radius 3 is 2.52 bits per heavy atom. The third-order valence-electron chi connectivity index (χ3n) is 3.97. The van der Waals surface area contributed by atoms with Crippen LogP contribution in [0.2, 0.25) is 0 Å². The van der Waals surface area contributed by atoms with Crippen molar-refractivity contribution in [2.75, 3.05) is 18.8 Å². The van der Waals surface area contributed by atoms with Gasteiger partial charge in [-0.15, -0.1) is 0 Å². The van der Waals surface area contributed by atoms with Crippen molar-refractivity contribution < 1.29 is 12.8 Å². The summed E-state index contributed by atoms with van der Waals surface area (Å²) in [7, 11) is -3.27. The number of nitrogens with zero attached hydrogens (tertiary/aromatic N) is 1. The average Bonchev–Trinajstić information content (AvgIpc) is 2.66. The van der Waals surface area contributed by atoms with Crippen LogP contribution in [-0.2, 0) is 16.4 Å². The van der Waals surface area contributed by atoms with E-state index in [1.165, 1.54) is 6.07 Å². The van der Waals surface area contributed by atoms with Crippen molar-refractivity contribution in [3.05, 3.63) is 65.5 Å². The van der Waals surface area contributed by atoms with E-state index in [-0.39, 0.29) is 11.6 Å². The summed E-state index contributed by atoms with van der Waals surface area (Å²) >= 11 is 0. The van der Waals surface area contributed by atoms with Gasteiger partial charge in [0.1, 0.15) is 5.82 Å². The van der Waals surface area contributed by atoms with Crippen LogP contribution >= 0.6 is 0 Å². The number of aryl methyl sites for hydroxylation is 1. The van der Waals surface area contributed by atoms with Gasteiger partial charge in [0, 0.05) is 13.1 Å². The molecule has 7 heteroatoms. The van der Waals surface area contributed by atoms with Crippen molar-refractivity contribution in [1.29, 1.82) is 0 Å². The Labute approximate surface area is 160 Å². The Morgan fingerprint density at radius 2 is 1.85 bits per heavy atom. The third-order valence-corrected chi connectivity index (χ3v) is 5.79. The Kier molecular flexibility index (Phi) is 7.79. The van der Waals surface area contributed by atoms with E-state index < -0.39 is 9.84 Å². The average molecular weight is 392 g/mol. The molecule has 0 aromatic heterocycles. The van der Waals surface area contributed by atoms with E-state index in [1.807, 2.05) is 6.92 Å². The molecule has 5 nitrogen and oxygen atoms in total. The zero-order valence-electron chi connectivity index (χ0n) is 15.7. The number of benzene rings is 2. The summed E-state index contributed by atoms with van der Waals surface area (Å²) in [5.74, 6) is 0.449. The van der Waals surface area contributed by atoms with E-state index in [2.05, 4.69) is 15.6 Å². The largest absolute Gasteiger partial charge is 0.357 e. The first kappa shape index (κ1) is 20.9. The molecule has 0 aliphatic carbocycles. The molecule has 0 saturated heterocycles. The molecule has 2 N–H and O–H groups in total. The third kappa shape index (κ3) is 6.67. The Morgan fingerprint density at radius 1 is 1.11 bits per heavy atom. The van der Waals surface area contributed by atoms with Crippen molar-refractivity contribution >= 4 is 15.8 Å². The summed E-state index contributed by atoms with van der Waals surface area (Å²) in [4.78, 5) is 4.81. The van der Waals surface area contributed by atoms with Gasteiger partial charge in [0.2, 0.25) is 0 Å². The maximum atomic E-state index is 13.3. The first-order valence-corrected chi connectivity index (χ1v) is 10.6. The summed E-state index contributed by atoms with van der Waals surface area (Å²) in [6, 6.07) is 13.4. The number of sulfone groups is 1. The lowest BCUT2D eigenvalue weighted by Gasteiger charge is -2.11. The monoisotopic (exact) mass is 391 g/mol. The normalized spacial score (nSPS) is 12.0. The van der Waals surface area contributed by atoms with E-state index in [4.69, 9.17) is 0 Å². The van der Waals surface area contributed by atoms with Crippen LogP contribution < -0.4 is 10.6 Å². The molecule has 0 aliphatic rings. The highest BCUT2D eigenvalue weighted by atomic mass is 32.2. The summed E-state index contributed by atoms with van der Waals surface area (Å²) < 4.78 is 37.9. The number of halogens is 1. The first-order valence-electron chi connectivity index (χ1n) is 8.97. The molecule has 0 radical (unpaired) electrons. The Balaban J connectivity index is 1.87. The number of hydrogen-bond acceptors (Lipinski definition) is 3. The molecule has 2 aromatic carbocycles. The second-order valence-corrected chi connectivity index (χ2v) is 8.30. The van der Waals surface area contributed by atoms with Crippen LogP contribution in [0.25, 0.3) is 0 Å². The fourth-order valence-corrected chi connectivity index (χ4v) is 3.86. The minimum Gasteiger partial charge on any atom is -0.357 e. The van der Waals surface area contributed by atoms with Crippen LogP contribution in [-0.4, -0.2) is 33.2 Å². The molecular weight excluding hydrogens is 365 g/mol. The van der Waals surface area contributed by atoms with Crippen LogP contribution in [0.15, 0.2) is 58.4 Å². The molecule has 0 aliphatic heterocycles. The van der Waals surface area contributed by atoms with Gasteiger partial charge in [0.15, 0.2) is 15.8 Å². The summed E-state index contributed by atoms with van der Waals surface area (Å²) in [6.45, 7) is 5.27. The number of hydrogen-bond donors (Lipinski definition) is 2. The van der Waals surface area contributed by atoms with Crippen molar-refractivity contribution in [2.45, 2.75) is 31.7 Å². The highest BCUT2D eigenvalue weighted by molar-refractivity contribution is 7.91. The molecule has 0 fully saturated rings. The summed E-state index contributed by atoms with van der Waals surface area (Å²) in [5.41, 5.74) is 1.50. The first-order chi connectivity index (χ1) is 12.9. The van der Waals surface area contributed by atoms with Crippen molar-refractivity contribution in [3.8, 4) is 0 Å². The SMILES string of the molecule is CCNC(=NCc1ccc(F)c(C)c1)NCCCS(=O)(=O)c1ccccc1. The minimum atomic E-state index is -3.27. The topological polar surface area (TPSA) is 70.6 Å². The number of guanidine groups is 1. The molecule has 0 spiro atoms. The molecule has 0 saturated carbocycles. The zero-order chi connectivity index (χ0) is 19.7. The fourth-order valence-electron chi connectivity index (χ4n) is 2.53. The van der Waals surface area contributed by atoms with E-state index >= 15 is 0 Å². The van der Waals surface area contributed by atoms with Crippen molar-refractivity contribution in [1.82, 2.24) is 10.6 Å². The van der Waals surface area contributed by atoms with Crippen LogP contribution in [0.4, 0.5) is 4.39 Å². The van der Waals surface area contributed by atoms with Gasteiger partial charge in [-0.05, 0) is 49.6 Å². The smallest absolute Gasteiger partial charge is 0.191 e. The molecule has 0 amide bonds. The van der Waals surface area contributed by atoms with Crippen molar-refractivity contribution in [2.24, 2.45) is 4.99 Å². The predicted octanol–water partition coefficient (Wildman–Crippen LogP) is 3.05. The van der Waals surface area contributed by atoms with E-state index in [1.54, 1.807) is 49.4 Å². The Bertz CT molecular complexity index is 868. The van der Waals surface area contributed by atoms with Gasteiger partial charge in [-0.25, -0.2) is 17.8 Å². The van der Waals surface area contributed by atoms with E-state index in [0.29, 0.717) is 42.5 Å². The minimum absolute atomic E-state index is 0.0700. The van der Waals surface area contributed by atoms with Gasteiger partial charge in [-0.1, -0.05) is 30.3 Å². The van der Waals surface area contributed by atoms with Crippen LogP contribution in [0.1, 0.15) is 24.5 Å². The quantitative estimate of drug-likeness (QED) is 0.412. The molecule has 27 heavy (non-hydrogen) atoms. The fraction of sp³-hybridized carbons (Fsp3) is 0.350. The van der Waals surface area contributed by atoms with Crippen molar-refractivity contribution in [3.63, 3.8) is 0 Å². The second kappa shape index (κ2) is 10.1. The highest BCUT2D eigenvalue weighted by Crippen LogP contribution is 2.11. The van der Waals surface area contributed by atoms with Gasteiger partial charge in [0.05, 0.1) is 17.2 Å². The molecular formula is C20H26FN3O2S. The molecule has 0 unspecified atom stereocenters. The lowest BCUT2D eigenvalue weighted by Crippen LogP contribution is -2.38.